The summed E-state index contributed by atoms with van der Waals surface area (Å²) >= 11 is 0. The van der Waals surface area contributed by atoms with Crippen molar-refractivity contribution in [3.63, 3.8) is 0 Å². The third-order valence-electron chi connectivity index (χ3n) is 2.10. The molecule has 14 heavy (non-hydrogen) atoms. The Bertz CT molecular complexity index is 293. The SMILES string of the molecule is CC(C)C(=N)N(C)Cc1cccnc1. The van der Waals surface area contributed by atoms with E-state index in [1.54, 1.807) is 6.20 Å². The molecule has 3 heteroatoms. The Kier molecular flexibility index (Phi) is 3.63. The van der Waals surface area contributed by atoms with Gasteiger partial charge in [-0.25, -0.2) is 0 Å². The van der Waals surface area contributed by atoms with Crippen LogP contribution in [0, 0.1) is 11.3 Å². The van der Waals surface area contributed by atoms with Crippen LogP contribution >= 0.6 is 0 Å². The number of nitrogens with zero attached hydrogens (tertiary/aromatic N) is 2. The molecule has 0 saturated heterocycles. The molecular formula is C11H17N3. The summed E-state index contributed by atoms with van der Waals surface area (Å²) in [5, 5.41) is 7.80. The van der Waals surface area contributed by atoms with Gasteiger partial charge in [0.05, 0.1) is 5.84 Å². The quantitative estimate of drug-likeness (QED) is 0.587. The monoisotopic (exact) mass is 191 g/mol. The van der Waals surface area contributed by atoms with Crippen molar-refractivity contribution in [1.82, 2.24) is 9.88 Å². The average molecular weight is 191 g/mol. The summed E-state index contributed by atoms with van der Waals surface area (Å²) in [4.78, 5) is 5.99. The Hall–Kier alpha value is -1.38. The van der Waals surface area contributed by atoms with Gasteiger partial charge in [0.15, 0.2) is 0 Å². The van der Waals surface area contributed by atoms with Crippen LogP contribution in [-0.4, -0.2) is 22.8 Å². The van der Waals surface area contributed by atoms with E-state index in [9.17, 15) is 0 Å². The lowest BCUT2D eigenvalue weighted by molar-refractivity contribution is 0.467. The van der Waals surface area contributed by atoms with Gasteiger partial charge < -0.3 is 4.90 Å². The van der Waals surface area contributed by atoms with E-state index in [4.69, 9.17) is 5.41 Å². The molecule has 1 aromatic heterocycles. The molecule has 0 saturated carbocycles. The highest BCUT2D eigenvalue weighted by atomic mass is 15.1. The van der Waals surface area contributed by atoms with Gasteiger partial charge in [0.1, 0.15) is 0 Å². The predicted octanol–water partition coefficient (Wildman–Crippen LogP) is 2.15. The smallest absolute Gasteiger partial charge is 0.0984 e. The largest absolute Gasteiger partial charge is 0.359 e. The number of hydrogen-bond donors (Lipinski definition) is 1. The molecule has 0 aliphatic rings. The van der Waals surface area contributed by atoms with Gasteiger partial charge in [0, 0.05) is 31.9 Å². The van der Waals surface area contributed by atoms with Crippen molar-refractivity contribution in [2.75, 3.05) is 7.05 Å². The van der Waals surface area contributed by atoms with E-state index in [2.05, 4.69) is 4.98 Å². The van der Waals surface area contributed by atoms with E-state index in [0.717, 1.165) is 12.1 Å². The molecule has 0 atom stereocenters. The minimum absolute atomic E-state index is 0.275. The maximum absolute atomic E-state index is 7.80. The van der Waals surface area contributed by atoms with Crippen LogP contribution in [0.2, 0.25) is 0 Å². The fourth-order valence-corrected chi connectivity index (χ4v) is 1.29. The van der Waals surface area contributed by atoms with Crippen LogP contribution in [0.25, 0.3) is 0 Å². The molecule has 76 valence electrons. The molecule has 0 fully saturated rings. The lowest BCUT2D eigenvalue weighted by Crippen LogP contribution is -2.29. The standard InChI is InChI=1S/C11H17N3/c1-9(2)11(12)14(3)8-10-5-4-6-13-7-10/h4-7,9,12H,8H2,1-3H3. The van der Waals surface area contributed by atoms with Gasteiger partial charge in [-0.15, -0.1) is 0 Å². The first-order chi connectivity index (χ1) is 6.61. The van der Waals surface area contributed by atoms with Crippen molar-refractivity contribution in [3.8, 4) is 0 Å². The lowest BCUT2D eigenvalue weighted by Gasteiger charge is -2.22. The van der Waals surface area contributed by atoms with Gasteiger partial charge in [-0.05, 0) is 11.6 Å². The van der Waals surface area contributed by atoms with Crippen molar-refractivity contribution in [2.45, 2.75) is 20.4 Å². The van der Waals surface area contributed by atoms with Crippen LogP contribution in [0.4, 0.5) is 0 Å². The maximum atomic E-state index is 7.80. The first-order valence-corrected chi connectivity index (χ1v) is 4.79. The Balaban J connectivity index is 2.57. The highest BCUT2D eigenvalue weighted by Gasteiger charge is 2.08. The molecule has 0 unspecified atom stereocenters. The second-order valence-electron chi connectivity index (χ2n) is 3.76. The fourth-order valence-electron chi connectivity index (χ4n) is 1.29. The predicted molar refractivity (Wildman–Crippen MR) is 58.3 cm³/mol. The molecule has 0 amide bonds. The van der Waals surface area contributed by atoms with Crippen LogP contribution < -0.4 is 0 Å². The molecule has 1 N–H and O–H groups in total. The van der Waals surface area contributed by atoms with E-state index in [1.807, 2.05) is 44.1 Å². The van der Waals surface area contributed by atoms with Crippen LogP contribution in [0.3, 0.4) is 0 Å². The Labute approximate surface area is 85.3 Å². The van der Waals surface area contributed by atoms with Crippen LogP contribution in [0.1, 0.15) is 19.4 Å². The molecule has 0 spiro atoms. The van der Waals surface area contributed by atoms with Gasteiger partial charge in [-0.1, -0.05) is 19.9 Å². The van der Waals surface area contributed by atoms with Gasteiger partial charge in [-0.3, -0.25) is 10.4 Å². The molecule has 1 heterocycles. The van der Waals surface area contributed by atoms with Crippen molar-refractivity contribution >= 4 is 5.84 Å². The van der Waals surface area contributed by atoms with Crippen LogP contribution in [0.15, 0.2) is 24.5 Å². The third kappa shape index (κ3) is 2.83. The number of aromatic nitrogens is 1. The fraction of sp³-hybridized carbons (Fsp3) is 0.455. The number of nitrogens with one attached hydrogen (secondary N) is 1. The zero-order valence-electron chi connectivity index (χ0n) is 8.99. The molecule has 0 aliphatic heterocycles. The first-order valence-electron chi connectivity index (χ1n) is 4.79. The normalized spacial score (nSPS) is 10.3. The third-order valence-corrected chi connectivity index (χ3v) is 2.10. The highest BCUT2D eigenvalue weighted by Crippen LogP contribution is 2.05. The number of rotatable bonds is 3. The molecule has 1 rings (SSSR count). The van der Waals surface area contributed by atoms with E-state index in [0.29, 0.717) is 5.84 Å². The molecule has 3 nitrogen and oxygen atoms in total. The number of pyridine rings is 1. The van der Waals surface area contributed by atoms with Crippen molar-refractivity contribution in [3.05, 3.63) is 30.1 Å². The average Bonchev–Trinajstić information content (AvgIpc) is 2.18. The van der Waals surface area contributed by atoms with Gasteiger partial charge in [-0.2, -0.15) is 0 Å². The summed E-state index contributed by atoms with van der Waals surface area (Å²) in [6, 6.07) is 3.94. The Morgan fingerprint density at radius 1 is 1.57 bits per heavy atom. The van der Waals surface area contributed by atoms with E-state index in [-0.39, 0.29) is 5.92 Å². The minimum atomic E-state index is 0.275. The minimum Gasteiger partial charge on any atom is -0.359 e. The molecular weight excluding hydrogens is 174 g/mol. The second-order valence-corrected chi connectivity index (χ2v) is 3.76. The highest BCUT2D eigenvalue weighted by molar-refractivity contribution is 5.80. The van der Waals surface area contributed by atoms with Crippen LogP contribution in [-0.2, 0) is 6.54 Å². The zero-order chi connectivity index (χ0) is 10.6. The van der Waals surface area contributed by atoms with Crippen LogP contribution in [0.5, 0.6) is 0 Å². The summed E-state index contributed by atoms with van der Waals surface area (Å²) < 4.78 is 0. The number of amidine groups is 1. The van der Waals surface area contributed by atoms with E-state index < -0.39 is 0 Å². The summed E-state index contributed by atoms with van der Waals surface area (Å²) in [7, 11) is 1.94. The summed E-state index contributed by atoms with van der Waals surface area (Å²) in [5.74, 6) is 0.936. The Morgan fingerprint density at radius 3 is 2.79 bits per heavy atom. The Morgan fingerprint density at radius 2 is 2.29 bits per heavy atom. The zero-order valence-corrected chi connectivity index (χ0v) is 8.99. The van der Waals surface area contributed by atoms with E-state index in [1.165, 1.54) is 0 Å². The topological polar surface area (TPSA) is 40.0 Å². The molecule has 0 radical (unpaired) electrons. The molecule has 1 aromatic rings. The number of hydrogen-bond acceptors (Lipinski definition) is 2. The van der Waals surface area contributed by atoms with E-state index >= 15 is 0 Å². The molecule has 0 bridgehead atoms. The molecule has 0 aromatic carbocycles. The molecule has 0 aliphatic carbocycles. The van der Waals surface area contributed by atoms with Crippen molar-refractivity contribution in [2.24, 2.45) is 5.92 Å². The van der Waals surface area contributed by atoms with Crippen molar-refractivity contribution < 1.29 is 0 Å². The first kappa shape index (κ1) is 10.7. The van der Waals surface area contributed by atoms with Gasteiger partial charge >= 0.3 is 0 Å². The van der Waals surface area contributed by atoms with Gasteiger partial charge in [0.25, 0.3) is 0 Å². The summed E-state index contributed by atoms with van der Waals surface area (Å²) in [6.45, 7) is 4.81. The summed E-state index contributed by atoms with van der Waals surface area (Å²) in [6.07, 6.45) is 3.60. The van der Waals surface area contributed by atoms with Crippen molar-refractivity contribution in [1.29, 1.82) is 5.41 Å². The maximum Gasteiger partial charge on any atom is 0.0984 e. The van der Waals surface area contributed by atoms with Gasteiger partial charge in [0.2, 0.25) is 0 Å². The second kappa shape index (κ2) is 4.74. The summed E-state index contributed by atoms with van der Waals surface area (Å²) in [5.41, 5.74) is 1.14. The lowest BCUT2D eigenvalue weighted by atomic mass is 10.1.